The van der Waals surface area contributed by atoms with E-state index in [1.807, 2.05) is 6.07 Å². The molecular formula is C17H20O3. The second-order valence-corrected chi connectivity index (χ2v) is 6.00. The number of hydrogen-bond donors (Lipinski definition) is 0. The minimum absolute atomic E-state index is 0.168. The Hall–Kier alpha value is -1.64. The van der Waals surface area contributed by atoms with Gasteiger partial charge in [0.1, 0.15) is 0 Å². The van der Waals surface area contributed by atoms with Gasteiger partial charge in [0.25, 0.3) is 0 Å². The van der Waals surface area contributed by atoms with Crippen LogP contribution < -0.4 is 0 Å². The van der Waals surface area contributed by atoms with E-state index in [9.17, 15) is 9.59 Å². The van der Waals surface area contributed by atoms with Gasteiger partial charge in [0, 0.05) is 5.41 Å². The highest BCUT2D eigenvalue weighted by Gasteiger charge is 2.49. The van der Waals surface area contributed by atoms with Crippen LogP contribution in [0.15, 0.2) is 30.3 Å². The Morgan fingerprint density at radius 3 is 2.45 bits per heavy atom. The summed E-state index contributed by atoms with van der Waals surface area (Å²) in [7, 11) is 0. The lowest BCUT2D eigenvalue weighted by Gasteiger charge is -2.31. The molecule has 1 aromatic carbocycles. The smallest absolute Gasteiger partial charge is 0.338 e. The SMILES string of the molecule is O=C(OC1CCC2(CCCCC2)C1=O)c1ccccc1. The Balaban J connectivity index is 1.67. The van der Waals surface area contributed by atoms with Gasteiger partial charge in [0.2, 0.25) is 0 Å². The summed E-state index contributed by atoms with van der Waals surface area (Å²) in [5, 5.41) is 0. The van der Waals surface area contributed by atoms with Crippen LogP contribution in [0, 0.1) is 5.41 Å². The number of rotatable bonds is 2. The quantitative estimate of drug-likeness (QED) is 0.774. The summed E-state index contributed by atoms with van der Waals surface area (Å²) in [6.45, 7) is 0. The normalized spacial score (nSPS) is 24.8. The van der Waals surface area contributed by atoms with Crippen molar-refractivity contribution in [2.75, 3.05) is 0 Å². The molecule has 0 heterocycles. The molecule has 0 saturated heterocycles. The molecular weight excluding hydrogens is 252 g/mol. The molecule has 2 saturated carbocycles. The number of ether oxygens (including phenoxy) is 1. The van der Waals surface area contributed by atoms with Crippen molar-refractivity contribution in [2.24, 2.45) is 5.41 Å². The molecule has 3 nitrogen and oxygen atoms in total. The van der Waals surface area contributed by atoms with Gasteiger partial charge in [-0.3, -0.25) is 4.79 Å². The number of carbonyl (C=O) groups is 2. The molecule has 1 atom stereocenters. The van der Waals surface area contributed by atoms with Gasteiger partial charge in [-0.05, 0) is 37.8 Å². The zero-order chi connectivity index (χ0) is 14.0. The van der Waals surface area contributed by atoms with E-state index in [2.05, 4.69) is 0 Å². The van der Waals surface area contributed by atoms with Crippen LogP contribution in [0.2, 0.25) is 0 Å². The summed E-state index contributed by atoms with van der Waals surface area (Å²) in [6.07, 6.45) is 6.49. The first-order valence-corrected chi connectivity index (χ1v) is 7.52. The average molecular weight is 272 g/mol. The van der Waals surface area contributed by atoms with Crippen LogP contribution in [-0.2, 0) is 9.53 Å². The predicted molar refractivity (Wildman–Crippen MR) is 75.4 cm³/mol. The Labute approximate surface area is 119 Å². The highest BCUT2D eigenvalue weighted by molar-refractivity contribution is 5.96. The number of carbonyl (C=O) groups excluding carboxylic acids is 2. The molecule has 3 heteroatoms. The molecule has 3 rings (SSSR count). The van der Waals surface area contributed by atoms with Crippen LogP contribution in [0.4, 0.5) is 0 Å². The molecule has 1 unspecified atom stereocenters. The first-order chi connectivity index (χ1) is 9.71. The second-order valence-electron chi connectivity index (χ2n) is 6.00. The molecule has 0 bridgehead atoms. The standard InChI is InChI=1S/C17H20O3/c18-15-14(9-12-17(15)10-5-2-6-11-17)20-16(19)13-7-3-1-4-8-13/h1,3-4,7-8,14H,2,5-6,9-12H2. The number of Topliss-reactive ketones (excluding diaryl/α,β-unsaturated/α-hetero) is 1. The van der Waals surface area contributed by atoms with Crippen LogP contribution in [0.3, 0.4) is 0 Å². The lowest BCUT2D eigenvalue weighted by Crippen LogP contribution is -2.34. The van der Waals surface area contributed by atoms with Crippen molar-refractivity contribution in [3.63, 3.8) is 0 Å². The minimum Gasteiger partial charge on any atom is -0.451 e. The van der Waals surface area contributed by atoms with Crippen LogP contribution in [0.5, 0.6) is 0 Å². The highest BCUT2D eigenvalue weighted by atomic mass is 16.5. The molecule has 0 amide bonds. The van der Waals surface area contributed by atoms with E-state index < -0.39 is 6.10 Å². The van der Waals surface area contributed by atoms with Gasteiger partial charge in [-0.2, -0.15) is 0 Å². The number of benzene rings is 1. The Morgan fingerprint density at radius 1 is 1.05 bits per heavy atom. The van der Waals surface area contributed by atoms with E-state index in [0.29, 0.717) is 12.0 Å². The fourth-order valence-corrected chi connectivity index (χ4v) is 3.61. The first kappa shape index (κ1) is 13.3. The molecule has 0 N–H and O–H groups in total. The van der Waals surface area contributed by atoms with E-state index in [1.165, 1.54) is 6.42 Å². The summed E-state index contributed by atoms with van der Waals surface area (Å²) in [6, 6.07) is 8.90. The molecule has 2 fully saturated rings. The number of ketones is 1. The maximum absolute atomic E-state index is 12.6. The summed E-state index contributed by atoms with van der Waals surface area (Å²) in [5.41, 5.74) is 0.338. The molecule has 0 aromatic heterocycles. The molecule has 106 valence electrons. The van der Waals surface area contributed by atoms with Crippen molar-refractivity contribution in [1.29, 1.82) is 0 Å². The number of hydrogen-bond acceptors (Lipinski definition) is 3. The van der Waals surface area contributed by atoms with E-state index in [-0.39, 0.29) is 17.2 Å². The Kier molecular flexibility index (Phi) is 3.60. The highest BCUT2D eigenvalue weighted by Crippen LogP contribution is 2.47. The summed E-state index contributed by atoms with van der Waals surface area (Å²) in [5.74, 6) is -0.210. The summed E-state index contributed by atoms with van der Waals surface area (Å²) < 4.78 is 5.45. The fourth-order valence-electron chi connectivity index (χ4n) is 3.61. The first-order valence-electron chi connectivity index (χ1n) is 7.52. The van der Waals surface area contributed by atoms with Gasteiger partial charge in [-0.25, -0.2) is 4.79 Å². The van der Waals surface area contributed by atoms with Crippen LogP contribution in [0.1, 0.15) is 55.3 Å². The van der Waals surface area contributed by atoms with E-state index in [1.54, 1.807) is 24.3 Å². The average Bonchev–Trinajstić information content (AvgIpc) is 2.78. The fraction of sp³-hybridized carbons (Fsp3) is 0.529. The minimum atomic E-state index is -0.527. The second kappa shape index (κ2) is 5.39. The van der Waals surface area contributed by atoms with Gasteiger partial charge in [0.15, 0.2) is 11.9 Å². The molecule has 0 radical (unpaired) electrons. The molecule has 2 aliphatic carbocycles. The monoisotopic (exact) mass is 272 g/mol. The van der Waals surface area contributed by atoms with Gasteiger partial charge >= 0.3 is 5.97 Å². The molecule has 1 spiro atoms. The van der Waals surface area contributed by atoms with Crippen molar-refractivity contribution in [3.05, 3.63) is 35.9 Å². The van der Waals surface area contributed by atoms with Crippen molar-refractivity contribution >= 4 is 11.8 Å². The van der Waals surface area contributed by atoms with Crippen molar-refractivity contribution in [3.8, 4) is 0 Å². The predicted octanol–water partition coefficient (Wildman–Crippen LogP) is 3.53. The third kappa shape index (κ3) is 2.37. The maximum Gasteiger partial charge on any atom is 0.338 e. The summed E-state index contributed by atoms with van der Waals surface area (Å²) >= 11 is 0. The Morgan fingerprint density at radius 2 is 1.75 bits per heavy atom. The molecule has 1 aromatic rings. The third-order valence-corrected chi connectivity index (χ3v) is 4.77. The molecule has 0 aliphatic heterocycles. The Bertz CT molecular complexity index is 500. The molecule has 2 aliphatic rings. The van der Waals surface area contributed by atoms with E-state index in [4.69, 9.17) is 4.74 Å². The lowest BCUT2D eigenvalue weighted by atomic mass is 9.72. The van der Waals surface area contributed by atoms with Crippen LogP contribution >= 0.6 is 0 Å². The van der Waals surface area contributed by atoms with Crippen LogP contribution in [-0.4, -0.2) is 17.9 Å². The topological polar surface area (TPSA) is 43.4 Å². The van der Waals surface area contributed by atoms with Crippen molar-refractivity contribution < 1.29 is 14.3 Å². The lowest BCUT2D eigenvalue weighted by molar-refractivity contribution is -0.134. The zero-order valence-electron chi connectivity index (χ0n) is 11.6. The van der Waals surface area contributed by atoms with Crippen molar-refractivity contribution in [1.82, 2.24) is 0 Å². The van der Waals surface area contributed by atoms with Gasteiger partial charge < -0.3 is 4.74 Å². The van der Waals surface area contributed by atoms with Gasteiger partial charge in [0.05, 0.1) is 5.56 Å². The maximum atomic E-state index is 12.6. The number of esters is 1. The largest absolute Gasteiger partial charge is 0.451 e. The van der Waals surface area contributed by atoms with Crippen LogP contribution in [0.25, 0.3) is 0 Å². The van der Waals surface area contributed by atoms with Crippen molar-refractivity contribution in [2.45, 2.75) is 51.0 Å². The third-order valence-electron chi connectivity index (χ3n) is 4.77. The van der Waals surface area contributed by atoms with Gasteiger partial charge in [-0.1, -0.05) is 37.5 Å². The van der Waals surface area contributed by atoms with Gasteiger partial charge in [-0.15, -0.1) is 0 Å². The van der Waals surface area contributed by atoms with E-state index in [0.717, 1.165) is 32.1 Å². The summed E-state index contributed by atoms with van der Waals surface area (Å²) in [4.78, 5) is 24.6. The zero-order valence-corrected chi connectivity index (χ0v) is 11.6. The van der Waals surface area contributed by atoms with E-state index >= 15 is 0 Å². The molecule has 20 heavy (non-hydrogen) atoms.